The summed E-state index contributed by atoms with van der Waals surface area (Å²) in [5.41, 5.74) is 0.787. The van der Waals surface area contributed by atoms with E-state index in [2.05, 4.69) is 4.90 Å². The Labute approximate surface area is 151 Å². The number of benzene rings is 1. The van der Waals surface area contributed by atoms with Crippen LogP contribution in [0.1, 0.15) is 26.3 Å². The van der Waals surface area contributed by atoms with Gasteiger partial charge >= 0.3 is 0 Å². The van der Waals surface area contributed by atoms with Gasteiger partial charge in [-0.1, -0.05) is 0 Å². The van der Waals surface area contributed by atoms with Gasteiger partial charge in [0.05, 0.1) is 39.1 Å². The van der Waals surface area contributed by atoms with Crippen molar-refractivity contribution >= 4 is 0 Å². The van der Waals surface area contributed by atoms with Crippen LogP contribution in [0.3, 0.4) is 0 Å². The number of hydrogen-bond acceptors (Lipinski definition) is 6. The molecule has 0 aliphatic heterocycles. The van der Waals surface area contributed by atoms with E-state index in [0.717, 1.165) is 17.1 Å². The summed E-state index contributed by atoms with van der Waals surface area (Å²) in [6.07, 6.45) is -0.566. The van der Waals surface area contributed by atoms with Gasteiger partial charge < -0.3 is 24.1 Å². The van der Waals surface area contributed by atoms with Crippen molar-refractivity contribution in [1.82, 2.24) is 4.90 Å². The van der Waals surface area contributed by atoms with Gasteiger partial charge in [-0.05, 0) is 38.5 Å². The smallest absolute Gasteiger partial charge is 0.122 e. The van der Waals surface area contributed by atoms with E-state index in [0.29, 0.717) is 32.8 Å². The maximum atomic E-state index is 10.3. The zero-order valence-corrected chi connectivity index (χ0v) is 16.4. The van der Waals surface area contributed by atoms with Gasteiger partial charge in [0.1, 0.15) is 11.5 Å². The van der Waals surface area contributed by atoms with E-state index in [1.54, 1.807) is 21.3 Å². The predicted octanol–water partition coefficient (Wildman–Crippen LogP) is 2.33. The number of methoxy groups -OCH3 is 3. The summed E-state index contributed by atoms with van der Waals surface area (Å²) >= 11 is 0. The minimum Gasteiger partial charge on any atom is -0.497 e. The second-order valence-corrected chi connectivity index (χ2v) is 7.03. The molecule has 6 heteroatoms. The van der Waals surface area contributed by atoms with E-state index in [9.17, 15) is 5.11 Å². The summed E-state index contributed by atoms with van der Waals surface area (Å²) in [5.74, 6) is 1.50. The van der Waals surface area contributed by atoms with Crippen LogP contribution in [0.15, 0.2) is 18.2 Å². The average Bonchev–Trinajstić information content (AvgIpc) is 2.56. The Morgan fingerprint density at radius 3 is 2.12 bits per heavy atom. The molecule has 0 radical (unpaired) electrons. The maximum Gasteiger partial charge on any atom is 0.122 e. The summed E-state index contributed by atoms with van der Waals surface area (Å²) in [6, 6.07) is 5.79. The third-order valence-corrected chi connectivity index (χ3v) is 3.61. The molecule has 1 aromatic carbocycles. The Hall–Kier alpha value is -1.34. The normalized spacial score (nSPS) is 13.1. The van der Waals surface area contributed by atoms with Crippen molar-refractivity contribution in [2.45, 2.75) is 39.0 Å². The van der Waals surface area contributed by atoms with Crippen LogP contribution in [0.25, 0.3) is 0 Å². The van der Waals surface area contributed by atoms with Crippen LogP contribution in [0.4, 0.5) is 0 Å². The van der Waals surface area contributed by atoms with E-state index in [1.165, 1.54) is 0 Å². The molecule has 0 aromatic heterocycles. The average molecular weight is 355 g/mol. The fourth-order valence-electron chi connectivity index (χ4n) is 2.37. The molecule has 0 aliphatic carbocycles. The van der Waals surface area contributed by atoms with Gasteiger partial charge in [0.2, 0.25) is 0 Å². The first-order chi connectivity index (χ1) is 11.8. The summed E-state index contributed by atoms with van der Waals surface area (Å²) in [4.78, 5) is 2.13. The van der Waals surface area contributed by atoms with Crippen LogP contribution >= 0.6 is 0 Å². The zero-order chi connectivity index (χ0) is 18.9. The lowest BCUT2D eigenvalue weighted by Crippen LogP contribution is -2.38. The quantitative estimate of drug-likeness (QED) is 0.657. The minimum atomic E-state index is -0.566. The van der Waals surface area contributed by atoms with Crippen molar-refractivity contribution in [2.75, 3.05) is 47.6 Å². The Morgan fingerprint density at radius 1 is 1.04 bits per heavy atom. The van der Waals surface area contributed by atoms with Crippen molar-refractivity contribution in [3.8, 4) is 11.5 Å². The van der Waals surface area contributed by atoms with Crippen molar-refractivity contribution < 1.29 is 24.1 Å². The van der Waals surface area contributed by atoms with Gasteiger partial charge in [0, 0.05) is 32.8 Å². The molecule has 1 aromatic rings. The van der Waals surface area contributed by atoms with E-state index in [-0.39, 0.29) is 5.60 Å². The molecular formula is C19H33NO5. The maximum absolute atomic E-state index is 10.3. The Kier molecular flexibility index (Phi) is 9.21. The first-order valence-corrected chi connectivity index (χ1v) is 8.52. The molecule has 6 nitrogen and oxygen atoms in total. The molecule has 0 fully saturated rings. The van der Waals surface area contributed by atoms with Gasteiger partial charge in [-0.3, -0.25) is 4.90 Å². The molecule has 25 heavy (non-hydrogen) atoms. The van der Waals surface area contributed by atoms with Crippen LogP contribution in [0, 0.1) is 0 Å². The van der Waals surface area contributed by atoms with E-state index in [1.807, 2.05) is 39.0 Å². The third kappa shape index (κ3) is 9.07. The van der Waals surface area contributed by atoms with Gasteiger partial charge in [-0.15, -0.1) is 0 Å². The van der Waals surface area contributed by atoms with Gasteiger partial charge in [-0.25, -0.2) is 0 Å². The highest BCUT2D eigenvalue weighted by Crippen LogP contribution is 2.23. The molecule has 0 unspecified atom stereocenters. The molecular weight excluding hydrogens is 322 g/mol. The van der Waals surface area contributed by atoms with Gasteiger partial charge in [-0.2, -0.15) is 0 Å². The fourth-order valence-corrected chi connectivity index (χ4v) is 2.37. The second kappa shape index (κ2) is 10.6. The molecule has 0 saturated heterocycles. The molecule has 144 valence electrons. The Morgan fingerprint density at radius 2 is 1.64 bits per heavy atom. The minimum absolute atomic E-state index is 0.265. The van der Waals surface area contributed by atoms with Crippen LogP contribution in [-0.4, -0.2) is 69.3 Å². The lowest BCUT2D eigenvalue weighted by atomic mass is 10.1. The van der Waals surface area contributed by atoms with Crippen molar-refractivity contribution in [1.29, 1.82) is 0 Å². The van der Waals surface area contributed by atoms with Crippen LogP contribution in [0.2, 0.25) is 0 Å². The number of ether oxygens (including phenoxy) is 4. The van der Waals surface area contributed by atoms with Crippen molar-refractivity contribution in [2.24, 2.45) is 0 Å². The van der Waals surface area contributed by atoms with Crippen LogP contribution in [-0.2, 0) is 16.0 Å². The van der Waals surface area contributed by atoms with Crippen molar-refractivity contribution in [3.63, 3.8) is 0 Å². The van der Waals surface area contributed by atoms with Crippen molar-refractivity contribution in [3.05, 3.63) is 23.8 Å². The summed E-state index contributed by atoms with van der Waals surface area (Å²) in [6.45, 7) is 8.69. The van der Waals surface area contributed by atoms with Gasteiger partial charge in [0.15, 0.2) is 0 Å². The molecule has 1 rings (SSSR count). The highest BCUT2D eigenvalue weighted by molar-refractivity contribution is 5.38. The second-order valence-electron chi connectivity index (χ2n) is 7.03. The van der Waals surface area contributed by atoms with Crippen LogP contribution in [0.5, 0.6) is 11.5 Å². The first kappa shape index (κ1) is 21.7. The highest BCUT2D eigenvalue weighted by atomic mass is 16.5. The standard InChI is InChI=1S/C19H33NO5/c1-19(2,3)25-14-16(21)13-20(7-8-22-4)12-15-9-17(23-5)11-18(10-15)24-6/h9-11,16,21H,7-8,12-14H2,1-6H3/t16-/m1/s1. The lowest BCUT2D eigenvalue weighted by Gasteiger charge is -2.27. The molecule has 0 heterocycles. The SMILES string of the molecule is COCCN(Cc1cc(OC)cc(OC)c1)C[C@@H](O)COC(C)(C)C. The first-order valence-electron chi connectivity index (χ1n) is 8.52. The predicted molar refractivity (Wildman–Crippen MR) is 98.4 cm³/mol. The lowest BCUT2D eigenvalue weighted by molar-refractivity contribution is -0.0576. The molecule has 1 N–H and O–H groups in total. The number of aliphatic hydroxyl groups is 1. The zero-order valence-electron chi connectivity index (χ0n) is 16.4. The van der Waals surface area contributed by atoms with E-state index >= 15 is 0 Å². The molecule has 0 spiro atoms. The number of hydrogen-bond donors (Lipinski definition) is 1. The summed E-state index contributed by atoms with van der Waals surface area (Å²) < 4.78 is 21.5. The molecule has 0 bridgehead atoms. The molecule has 0 aliphatic rings. The summed E-state index contributed by atoms with van der Waals surface area (Å²) in [7, 11) is 4.94. The highest BCUT2D eigenvalue weighted by Gasteiger charge is 2.17. The Bertz CT molecular complexity index is 479. The van der Waals surface area contributed by atoms with E-state index < -0.39 is 6.10 Å². The number of nitrogens with zero attached hydrogens (tertiary/aromatic N) is 1. The number of aliphatic hydroxyl groups excluding tert-OH is 1. The van der Waals surface area contributed by atoms with Crippen LogP contribution < -0.4 is 9.47 Å². The number of rotatable bonds is 11. The third-order valence-electron chi connectivity index (χ3n) is 3.61. The largest absolute Gasteiger partial charge is 0.497 e. The topological polar surface area (TPSA) is 60.4 Å². The molecule has 0 amide bonds. The molecule has 1 atom stereocenters. The monoisotopic (exact) mass is 355 g/mol. The van der Waals surface area contributed by atoms with Gasteiger partial charge in [0.25, 0.3) is 0 Å². The Balaban J connectivity index is 2.75. The molecule has 0 saturated carbocycles. The summed E-state index contributed by atoms with van der Waals surface area (Å²) in [5, 5.41) is 10.3. The van der Waals surface area contributed by atoms with E-state index in [4.69, 9.17) is 18.9 Å². The fraction of sp³-hybridized carbons (Fsp3) is 0.684.